The molecule has 0 spiro atoms. The first-order valence-corrected chi connectivity index (χ1v) is 10.6. The van der Waals surface area contributed by atoms with Crippen LogP contribution in [0.15, 0.2) is 66.2 Å². The normalized spacial score (nSPS) is 15.2. The van der Waals surface area contributed by atoms with Crippen LogP contribution in [0.2, 0.25) is 5.02 Å². The number of nitrogens with zero attached hydrogens (tertiary/aromatic N) is 1. The van der Waals surface area contributed by atoms with Gasteiger partial charge in [-0.3, -0.25) is 14.9 Å². The molecule has 1 aliphatic rings. The Kier molecular flexibility index (Phi) is 6.11. The Labute approximate surface area is 195 Å². The number of hydrogen-bond acceptors (Lipinski definition) is 3. The van der Waals surface area contributed by atoms with Crippen LogP contribution in [-0.2, 0) is 16.0 Å². The number of anilines is 1. The molecule has 0 radical (unpaired) electrons. The van der Waals surface area contributed by atoms with E-state index < -0.39 is 17.8 Å². The van der Waals surface area contributed by atoms with Crippen LogP contribution < -0.4 is 10.2 Å². The number of carbonyl (C=O) groups excluding carboxylic acids is 3. The van der Waals surface area contributed by atoms with Crippen LogP contribution in [0.4, 0.5) is 14.9 Å². The highest BCUT2D eigenvalue weighted by Gasteiger charge is 2.37. The summed E-state index contributed by atoms with van der Waals surface area (Å²) in [7, 11) is 0. The fraction of sp³-hybridized carbons (Fsp3) is 0.115. The van der Waals surface area contributed by atoms with Gasteiger partial charge in [0.05, 0.1) is 5.69 Å². The molecule has 0 atom stereocenters. The number of nitrogens with one attached hydrogen (secondary N) is 1. The molecule has 4 rings (SSSR count). The summed E-state index contributed by atoms with van der Waals surface area (Å²) in [5.74, 6) is -1.90. The van der Waals surface area contributed by atoms with Gasteiger partial charge in [0.2, 0.25) is 0 Å². The second-order valence-electron chi connectivity index (χ2n) is 7.79. The zero-order valence-corrected chi connectivity index (χ0v) is 18.7. The van der Waals surface area contributed by atoms with E-state index in [-0.39, 0.29) is 17.8 Å². The van der Waals surface area contributed by atoms with E-state index in [0.29, 0.717) is 27.4 Å². The number of amides is 4. The van der Waals surface area contributed by atoms with Gasteiger partial charge in [-0.25, -0.2) is 14.1 Å². The molecule has 4 amide bonds. The number of carbonyl (C=O) groups is 3. The second-order valence-corrected chi connectivity index (χ2v) is 8.22. The standard InChI is InChI=1S/C26H20ClFN2O3/c1-15-6-5-9-23(16(15)2)30-25(32)21(24(31)29-26(30)33)14-19-13-20(27)11-10-17(19)12-18-7-3-4-8-22(18)28/h3-11,13-14H,12H2,1-2H3,(H,29,31,33)/b21-14+. The van der Waals surface area contributed by atoms with E-state index in [4.69, 9.17) is 11.6 Å². The van der Waals surface area contributed by atoms with Crippen molar-refractivity contribution in [2.24, 2.45) is 0 Å². The lowest BCUT2D eigenvalue weighted by atomic mass is 9.97. The van der Waals surface area contributed by atoms with E-state index in [9.17, 15) is 18.8 Å². The molecule has 33 heavy (non-hydrogen) atoms. The molecule has 0 bridgehead atoms. The van der Waals surface area contributed by atoms with Gasteiger partial charge in [-0.1, -0.05) is 48.0 Å². The molecule has 1 N–H and O–H groups in total. The number of rotatable bonds is 4. The van der Waals surface area contributed by atoms with Gasteiger partial charge in [-0.05, 0) is 72.0 Å². The molecule has 3 aromatic carbocycles. The number of benzene rings is 3. The molecule has 166 valence electrons. The Hall–Kier alpha value is -3.77. The molecule has 0 aromatic heterocycles. The Balaban J connectivity index is 1.78. The van der Waals surface area contributed by atoms with Crippen molar-refractivity contribution in [3.63, 3.8) is 0 Å². The summed E-state index contributed by atoms with van der Waals surface area (Å²) < 4.78 is 14.2. The minimum Gasteiger partial charge on any atom is -0.273 e. The second kappa shape index (κ2) is 9.00. The summed E-state index contributed by atoms with van der Waals surface area (Å²) in [6, 6.07) is 15.8. The number of hydrogen-bond donors (Lipinski definition) is 1. The van der Waals surface area contributed by atoms with Crippen molar-refractivity contribution in [3.05, 3.63) is 105 Å². The maximum Gasteiger partial charge on any atom is 0.335 e. The van der Waals surface area contributed by atoms with Crippen LogP contribution in [0.3, 0.4) is 0 Å². The number of barbiturate groups is 1. The summed E-state index contributed by atoms with van der Waals surface area (Å²) in [5, 5.41) is 2.63. The van der Waals surface area contributed by atoms with Crippen LogP contribution in [0, 0.1) is 19.7 Å². The number of imide groups is 2. The highest BCUT2D eigenvalue weighted by atomic mass is 35.5. The minimum absolute atomic E-state index is 0.215. The zero-order valence-electron chi connectivity index (χ0n) is 18.0. The molecule has 7 heteroatoms. The van der Waals surface area contributed by atoms with Crippen molar-refractivity contribution in [1.82, 2.24) is 5.32 Å². The molecular formula is C26H20ClFN2O3. The third kappa shape index (κ3) is 4.43. The van der Waals surface area contributed by atoms with Crippen LogP contribution in [0.1, 0.15) is 27.8 Å². The summed E-state index contributed by atoms with van der Waals surface area (Å²) in [6.07, 6.45) is 1.63. The SMILES string of the molecule is Cc1cccc(N2C(=O)NC(=O)/C(=C\c3cc(Cl)ccc3Cc3ccccc3F)C2=O)c1C. The van der Waals surface area contributed by atoms with Crippen molar-refractivity contribution < 1.29 is 18.8 Å². The molecule has 1 aliphatic heterocycles. The van der Waals surface area contributed by atoms with E-state index in [2.05, 4.69) is 5.32 Å². The first-order valence-electron chi connectivity index (χ1n) is 10.3. The predicted octanol–water partition coefficient (Wildman–Crippen LogP) is 5.35. The number of aryl methyl sites for hydroxylation is 1. The van der Waals surface area contributed by atoms with Gasteiger partial charge < -0.3 is 0 Å². The Morgan fingerprint density at radius 1 is 0.970 bits per heavy atom. The Bertz CT molecular complexity index is 1330. The van der Waals surface area contributed by atoms with Gasteiger partial charge in [0.15, 0.2) is 0 Å². The lowest BCUT2D eigenvalue weighted by Gasteiger charge is -2.28. The Morgan fingerprint density at radius 2 is 1.73 bits per heavy atom. The van der Waals surface area contributed by atoms with Gasteiger partial charge in [0, 0.05) is 11.4 Å². The lowest BCUT2D eigenvalue weighted by Crippen LogP contribution is -2.54. The van der Waals surface area contributed by atoms with Gasteiger partial charge >= 0.3 is 6.03 Å². The minimum atomic E-state index is -0.812. The largest absolute Gasteiger partial charge is 0.335 e. The van der Waals surface area contributed by atoms with Gasteiger partial charge in [0.1, 0.15) is 11.4 Å². The zero-order chi connectivity index (χ0) is 23.7. The molecule has 0 saturated carbocycles. The molecule has 5 nitrogen and oxygen atoms in total. The smallest absolute Gasteiger partial charge is 0.273 e. The lowest BCUT2D eigenvalue weighted by molar-refractivity contribution is -0.122. The van der Waals surface area contributed by atoms with Gasteiger partial charge in [-0.15, -0.1) is 0 Å². The van der Waals surface area contributed by atoms with E-state index >= 15 is 0 Å². The molecule has 0 unspecified atom stereocenters. The van der Waals surface area contributed by atoms with Crippen molar-refractivity contribution in [2.75, 3.05) is 4.90 Å². The van der Waals surface area contributed by atoms with Crippen molar-refractivity contribution in [3.8, 4) is 0 Å². The highest BCUT2D eigenvalue weighted by Crippen LogP contribution is 2.28. The average Bonchev–Trinajstić information content (AvgIpc) is 2.77. The van der Waals surface area contributed by atoms with Crippen LogP contribution >= 0.6 is 11.6 Å². The Morgan fingerprint density at radius 3 is 2.48 bits per heavy atom. The first-order chi connectivity index (χ1) is 15.8. The topological polar surface area (TPSA) is 66.5 Å². The van der Waals surface area contributed by atoms with Crippen molar-refractivity contribution in [2.45, 2.75) is 20.3 Å². The molecule has 1 heterocycles. The quantitative estimate of drug-likeness (QED) is 0.419. The maximum absolute atomic E-state index is 14.2. The van der Waals surface area contributed by atoms with Crippen molar-refractivity contribution >= 4 is 41.2 Å². The number of halogens is 2. The van der Waals surface area contributed by atoms with Crippen molar-refractivity contribution in [1.29, 1.82) is 0 Å². The fourth-order valence-corrected chi connectivity index (χ4v) is 3.90. The average molecular weight is 463 g/mol. The monoisotopic (exact) mass is 462 g/mol. The fourth-order valence-electron chi connectivity index (χ4n) is 3.72. The van der Waals surface area contributed by atoms with E-state index in [1.807, 2.05) is 13.0 Å². The van der Waals surface area contributed by atoms with E-state index in [0.717, 1.165) is 16.0 Å². The molecule has 1 saturated heterocycles. The summed E-state index contributed by atoms with van der Waals surface area (Å²) >= 11 is 6.17. The summed E-state index contributed by atoms with van der Waals surface area (Å²) in [6.45, 7) is 3.67. The van der Waals surface area contributed by atoms with E-state index in [1.165, 1.54) is 12.1 Å². The number of urea groups is 1. The summed E-state index contributed by atoms with van der Waals surface area (Å²) in [4.78, 5) is 39.4. The third-order valence-electron chi connectivity index (χ3n) is 5.67. The van der Waals surface area contributed by atoms with Crippen LogP contribution in [-0.4, -0.2) is 17.8 Å². The first kappa shape index (κ1) is 22.4. The third-order valence-corrected chi connectivity index (χ3v) is 5.90. The van der Waals surface area contributed by atoms with Gasteiger partial charge in [-0.2, -0.15) is 0 Å². The van der Waals surface area contributed by atoms with E-state index in [1.54, 1.807) is 55.5 Å². The van der Waals surface area contributed by atoms with Crippen LogP contribution in [0.5, 0.6) is 0 Å². The molecule has 3 aromatic rings. The van der Waals surface area contributed by atoms with Crippen LogP contribution in [0.25, 0.3) is 6.08 Å². The predicted molar refractivity (Wildman–Crippen MR) is 126 cm³/mol. The summed E-state index contributed by atoms with van der Waals surface area (Å²) in [5.41, 5.74) is 3.45. The molecule has 0 aliphatic carbocycles. The van der Waals surface area contributed by atoms with Gasteiger partial charge in [0.25, 0.3) is 11.8 Å². The molecule has 1 fully saturated rings. The maximum atomic E-state index is 14.2. The molecular weight excluding hydrogens is 443 g/mol. The highest BCUT2D eigenvalue weighted by molar-refractivity contribution is 6.39.